The Labute approximate surface area is 126 Å². The number of H-pyrrole nitrogens is 1. The molecule has 0 spiro atoms. The minimum absolute atomic E-state index is 0.0914. The number of nitrogens with zero attached hydrogens (tertiary/aromatic N) is 1. The molecule has 3 nitrogen and oxygen atoms in total. The molecule has 0 amide bonds. The van der Waals surface area contributed by atoms with Gasteiger partial charge in [-0.1, -0.05) is 6.07 Å². The van der Waals surface area contributed by atoms with Crippen LogP contribution < -0.4 is 5.56 Å². The highest BCUT2D eigenvalue weighted by Crippen LogP contribution is 2.23. The van der Waals surface area contributed by atoms with Crippen LogP contribution in [-0.4, -0.2) is 9.55 Å². The molecule has 1 N–H and O–H groups in total. The van der Waals surface area contributed by atoms with Crippen LogP contribution in [0.4, 0.5) is 0 Å². The van der Waals surface area contributed by atoms with Gasteiger partial charge in [-0.15, -0.1) is 11.3 Å². The largest absolute Gasteiger partial charge is 0.323 e. The number of aromatic nitrogens is 2. The molecule has 0 aliphatic rings. The molecule has 0 saturated carbocycles. The van der Waals surface area contributed by atoms with Gasteiger partial charge in [0.15, 0.2) is 4.77 Å². The number of nitrogens with one attached hydrogen (secondary N) is 1. The van der Waals surface area contributed by atoms with Crippen LogP contribution in [-0.2, 0) is 0 Å². The first-order valence-electron chi connectivity index (χ1n) is 5.57. The lowest BCUT2D eigenvalue weighted by Gasteiger charge is -2.09. The smallest absolute Gasteiger partial charge is 0.267 e. The number of aryl methyl sites for hydroxylation is 1. The zero-order valence-electron chi connectivity index (χ0n) is 9.94. The van der Waals surface area contributed by atoms with Crippen molar-refractivity contribution in [3.05, 3.63) is 54.8 Å². The molecular weight excluding hydrogens is 344 g/mol. The fraction of sp³-hybridized carbons (Fsp3) is 0.0769. The van der Waals surface area contributed by atoms with Gasteiger partial charge in [0.1, 0.15) is 4.83 Å². The van der Waals surface area contributed by atoms with Crippen LogP contribution in [0.5, 0.6) is 0 Å². The van der Waals surface area contributed by atoms with Crippen molar-refractivity contribution in [3.8, 4) is 5.69 Å². The molecular formula is C13H9BrN2OS2. The second-order valence-corrected chi connectivity index (χ2v) is 6.35. The molecule has 0 aliphatic carbocycles. The second kappa shape index (κ2) is 4.70. The molecule has 1 aromatic carbocycles. The van der Waals surface area contributed by atoms with Crippen LogP contribution in [0.15, 0.2) is 38.9 Å². The molecule has 6 heteroatoms. The number of hydrogen-bond acceptors (Lipinski definition) is 3. The predicted octanol–water partition coefficient (Wildman–Crippen LogP) is 4.18. The lowest BCUT2D eigenvalue weighted by atomic mass is 10.2. The van der Waals surface area contributed by atoms with Crippen molar-refractivity contribution in [2.24, 2.45) is 0 Å². The summed E-state index contributed by atoms with van der Waals surface area (Å²) in [6, 6.07) is 7.65. The molecule has 0 unspecified atom stereocenters. The monoisotopic (exact) mass is 352 g/mol. The Bertz CT molecular complexity index is 892. The van der Waals surface area contributed by atoms with Crippen molar-refractivity contribution >= 4 is 49.7 Å². The van der Waals surface area contributed by atoms with E-state index in [0.29, 0.717) is 10.2 Å². The van der Waals surface area contributed by atoms with Crippen molar-refractivity contribution in [1.29, 1.82) is 0 Å². The molecule has 0 atom stereocenters. The fourth-order valence-corrected chi connectivity index (χ4v) is 3.50. The van der Waals surface area contributed by atoms with E-state index in [1.54, 1.807) is 0 Å². The fourth-order valence-electron chi connectivity index (χ4n) is 1.95. The standard InChI is InChI=1S/C13H9BrN2OS2/c1-7-2-3-9(14)10(6-7)16-12(17)8-4-5-19-11(8)15-13(16)18/h2-6H,1H3,(H,15,18). The SMILES string of the molecule is Cc1ccc(Br)c(-n2c(=S)[nH]c3sccc3c2=O)c1. The molecule has 2 heterocycles. The third-order valence-corrected chi connectivity index (χ3v) is 4.65. The van der Waals surface area contributed by atoms with E-state index in [-0.39, 0.29) is 5.56 Å². The van der Waals surface area contributed by atoms with Gasteiger partial charge in [-0.3, -0.25) is 9.36 Å². The molecule has 0 aliphatic heterocycles. The first-order valence-corrected chi connectivity index (χ1v) is 7.65. The Kier molecular flexibility index (Phi) is 3.16. The summed E-state index contributed by atoms with van der Waals surface area (Å²) < 4.78 is 2.78. The van der Waals surface area contributed by atoms with Crippen molar-refractivity contribution in [3.63, 3.8) is 0 Å². The molecule has 19 heavy (non-hydrogen) atoms. The second-order valence-electron chi connectivity index (χ2n) is 4.19. The molecule has 3 rings (SSSR count). The van der Waals surface area contributed by atoms with E-state index in [4.69, 9.17) is 12.2 Å². The van der Waals surface area contributed by atoms with E-state index < -0.39 is 0 Å². The third-order valence-electron chi connectivity index (χ3n) is 2.86. The zero-order valence-corrected chi connectivity index (χ0v) is 13.2. The molecule has 0 fully saturated rings. The number of hydrogen-bond donors (Lipinski definition) is 1. The quantitative estimate of drug-likeness (QED) is 0.667. The normalized spacial score (nSPS) is 11.1. The van der Waals surface area contributed by atoms with Gasteiger partial charge in [0.2, 0.25) is 0 Å². The lowest BCUT2D eigenvalue weighted by Crippen LogP contribution is -2.20. The van der Waals surface area contributed by atoms with Crippen LogP contribution in [0, 0.1) is 11.7 Å². The summed E-state index contributed by atoms with van der Waals surface area (Å²) in [7, 11) is 0. The Hall–Kier alpha value is -1.24. The Morgan fingerprint density at radius 2 is 2.16 bits per heavy atom. The van der Waals surface area contributed by atoms with E-state index in [0.717, 1.165) is 20.6 Å². The van der Waals surface area contributed by atoms with Gasteiger partial charge in [-0.05, 0) is 64.2 Å². The van der Waals surface area contributed by atoms with Crippen molar-refractivity contribution in [2.75, 3.05) is 0 Å². The van der Waals surface area contributed by atoms with Gasteiger partial charge in [0.05, 0.1) is 11.1 Å². The first kappa shape index (κ1) is 12.8. The van der Waals surface area contributed by atoms with Crippen LogP contribution in [0.1, 0.15) is 5.56 Å². The number of aromatic amines is 1. The molecule has 96 valence electrons. The van der Waals surface area contributed by atoms with Crippen molar-refractivity contribution in [1.82, 2.24) is 9.55 Å². The van der Waals surface area contributed by atoms with Crippen molar-refractivity contribution < 1.29 is 0 Å². The van der Waals surface area contributed by atoms with Crippen LogP contribution in [0.2, 0.25) is 0 Å². The van der Waals surface area contributed by atoms with Crippen molar-refractivity contribution in [2.45, 2.75) is 6.92 Å². The Balaban J connectivity index is 2.46. The van der Waals surface area contributed by atoms with E-state index in [9.17, 15) is 4.79 Å². The lowest BCUT2D eigenvalue weighted by molar-refractivity contribution is 0.936. The van der Waals surface area contributed by atoms with Gasteiger partial charge in [0, 0.05) is 4.47 Å². The summed E-state index contributed by atoms with van der Waals surface area (Å²) in [5, 5.41) is 2.54. The van der Waals surface area contributed by atoms with E-state index in [1.165, 1.54) is 15.9 Å². The Morgan fingerprint density at radius 1 is 1.37 bits per heavy atom. The molecule has 0 radical (unpaired) electrons. The highest BCUT2D eigenvalue weighted by Gasteiger charge is 2.11. The van der Waals surface area contributed by atoms with Crippen LogP contribution >= 0.6 is 39.5 Å². The first-order chi connectivity index (χ1) is 9.08. The van der Waals surface area contributed by atoms with Gasteiger partial charge >= 0.3 is 0 Å². The summed E-state index contributed by atoms with van der Waals surface area (Å²) in [6.07, 6.45) is 0. The number of rotatable bonds is 1. The number of benzene rings is 1. The van der Waals surface area contributed by atoms with Gasteiger partial charge in [-0.25, -0.2) is 0 Å². The minimum Gasteiger partial charge on any atom is -0.323 e. The van der Waals surface area contributed by atoms with Gasteiger partial charge in [0.25, 0.3) is 5.56 Å². The Morgan fingerprint density at radius 3 is 2.95 bits per heavy atom. The highest BCUT2D eigenvalue weighted by molar-refractivity contribution is 9.10. The van der Waals surface area contributed by atoms with Gasteiger partial charge in [-0.2, -0.15) is 0 Å². The number of halogens is 1. The maximum atomic E-state index is 12.5. The number of fused-ring (bicyclic) bond motifs is 1. The molecule has 0 saturated heterocycles. The van der Waals surface area contributed by atoms with Gasteiger partial charge < -0.3 is 4.98 Å². The average molecular weight is 353 g/mol. The minimum atomic E-state index is -0.0914. The summed E-state index contributed by atoms with van der Waals surface area (Å²) in [5.41, 5.74) is 1.75. The topological polar surface area (TPSA) is 37.8 Å². The van der Waals surface area contributed by atoms with E-state index >= 15 is 0 Å². The highest BCUT2D eigenvalue weighted by atomic mass is 79.9. The maximum absolute atomic E-state index is 12.5. The average Bonchev–Trinajstić information content (AvgIpc) is 2.82. The summed E-state index contributed by atoms with van der Waals surface area (Å²) in [6.45, 7) is 1.98. The molecule has 2 aromatic heterocycles. The third kappa shape index (κ3) is 2.09. The summed E-state index contributed by atoms with van der Waals surface area (Å²) >= 11 is 10.3. The predicted molar refractivity (Wildman–Crippen MR) is 85.0 cm³/mol. The van der Waals surface area contributed by atoms with Crippen LogP contribution in [0.25, 0.3) is 15.9 Å². The van der Waals surface area contributed by atoms with E-state index in [1.807, 2.05) is 36.6 Å². The number of thiophene rings is 1. The molecule has 3 aromatic rings. The summed E-state index contributed by atoms with van der Waals surface area (Å²) in [4.78, 5) is 16.5. The summed E-state index contributed by atoms with van der Waals surface area (Å²) in [5.74, 6) is 0. The molecule has 0 bridgehead atoms. The van der Waals surface area contributed by atoms with Crippen LogP contribution in [0.3, 0.4) is 0 Å². The zero-order chi connectivity index (χ0) is 13.6. The van der Waals surface area contributed by atoms with E-state index in [2.05, 4.69) is 20.9 Å². The maximum Gasteiger partial charge on any atom is 0.267 e.